The highest BCUT2D eigenvalue weighted by Crippen LogP contribution is 2.29. The van der Waals surface area contributed by atoms with Gasteiger partial charge in [0.15, 0.2) is 0 Å². The third-order valence-corrected chi connectivity index (χ3v) is 5.17. The maximum atomic E-state index is 12.3. The van der Waals surface area contributed by atoms with Gasteiger partial charge in [0.1, 0.15) is 16.7 Å². The van der Waals surface area contributed by atoms with Crippen LogP contribution >= 0.6 is 0 Å². The van der Waals surface area contributed by atoms with Crippen molar-refractivity contribution < 1.29 is 8.42 Å². The lowest BCUT2D eigenvalue weighted by Crippen LogP contribution is -2.40. The van der Waals surface area contributed by atoms with Gasteiger partial charge in [-0.2, -0.15) is 5.26 Å². The van der Waals surface area contributed by atoms with Gasteiger partial charge >= 0.3 is 0 Å². The molecule has 1 aliphatic rings. The van der Waals surface area contributed by atoms with Gasteiger partial charge in [0.2, 0.25) is 10.0 Å². The minimum absolute atomic E-state index is 0.0191. The first-order chi connectivity index (χ1) is 9.40. The Bertz CT molecular complexity index is 594. The lowest BCUT2D eigenvalue weighted by atomic mass is 9.81. The number of sulfonamides is 1. The third-order valence-electron chi connectivity index (χ3n) is 3.66. The minimum atomic E-state index is -3.55. The first kappa shape index (κ1) is 14.9. The quantitative estimate of drug-likeness (QED) is 0.924. The van der Waals surface area contributed by atoms with Gasteiger partial charge in [0, 0.05) is 12.2 Å². The van der Waals surface area contributed by atoms with Crippen molar-refractivity contribution in [3.63, 3.8) is 0 Å². The van der Waals surface area contributed by atoms with Crippen LogP contribution in [0, 0.1) is 23.2 Å². The van der Waals surface area contributed by atoms with Gasteiger partial charge in [0.05, 0.1) is 0 Å². The fourth-order valence-corrected chi connectivity index (χ4v) is 4.14. The molecule has 1 N–H and O–H groups in total. The van der Waals surface area contributed by atoms with E-state index >= 15 is 0 Å². The highest BCUT2D eigenvalue weighted by atomic mass is 32.2. The number of aromatic nitrogens is 1. The number of rotatable bonds is 3. The Morgan fingerprint density at radius 2 is 1.90 bits per heavy atom. The van der Waals surface area contributed by atoms with Gasteiger partial charge in [-0.3, -0.25) is 0 Å². The summed E-state index contributed by atoms with van der Waals surface area (Å²) in [6, 6.07) is 4.69. The summed E-state index contributed by atoms with van der Waals surface area (Å²) in [5.41, 5.74) is 0.212. The molecule has 5 nitrogen and oxygen atoms in total. The fourth-order valence-electron chi connectivity index (χ4n) is 2.94. The van der Waals surface area contributed by atoms with Crippen molar-refractivity contribution in [2.75, 3.05) is 0 Å². The average molecular weight is 293 g/mol. The predicted molar refractivity (Wildman–Crippen MR) is 75.2 cm³/mol. The van der Waals surface area contributed by atoms with Gasteiger partial charge in [-0.05, 0) is 43.2 Å². The summed E-state index contributed by atoms with van der Waals surface area (Å²) in [6.07, 6.45) is 4.12. The highest BCUT2D eigenvalue weighted by molar-refractivity contribution is 7.89. The van der Waals surface area contributed by atoms with Crippen LogP contribution < -0.4 is 4.72 Å². The van der Waals surface area contributed by atoms with E-state index < -0.39 is 10.0 Å². The molecule has 6 heteroatoms. The van der Waals surface area contributed by atoms with Crippen LogP contribution in [0.25, 0.3) is 0 Å². The van der Waals surface area contributed by atoms with Crippen molar-refractivity contribution in [3.05, 3.63) is 24.0 Å². The smallest absolute Gasteiger partial charge is 0.242 e. The molecule has 2 atom stereocenters. The van der Waals surface area contributed by atoms with Crippen molar-refractivity contribution in [2.24, 2.45) is 11.8 Å². The molecular formula is C14H19N3O2S. The topological polar surface area (TPSA) is 82.9 Å². The van der Waals surface area contributed by atoms with Crippen molar-refractivity contribution in [2.45, 2.75) is 44.0 Å². The minimum Gasteiger partial charge on any atom is -0.244 e. The Morgan fingerprint density at radius 1 is 1.25 bits per heavy atom. The molecule has 0 saturated heterocycles. The zero-order valence-corrected chi connectivity index (χ0v) is 12.5. The van der Waals surface area contributed by atoms with Crippen LogP contribution in [0.3, 0.4) is 0 Å². The molecule has 1 heterocycles. The van der Waals surface area contributed by atoms with Crippen LogP contribution in [0.5, 0.6) is 0 Å². The van der Waals surface area contributed by atoms with Gasteiger partial charge in [-0.15, -0.1) is 0 Å². The SMILES string of the molecule is CC1CC(C)CC(NS(=O)(=O)c2ccc(C#N)nc2)C1. The predicted octanol–water partition coefficient (Wildman–Crippen LogP) is 2.06. The Balaban J connectivity index is 2.12. The Hall–Kier alpha value is -1.45. The average Bonchev–Trinajstić information content (AvgIpc) is 2.37. The zero-order valence-electron chi connectivity index (χ0n) is 11.7. The van der Waals surface area contributed by atoms with E-state index in [0.717, 1.165) is 19.3 Å². The largest absolute Gasteiger partial charge is 0.244 e. The van der Waals surface area contributed by atoms with E-state index in [1.165, 1.54) is 18.3 Å². The van der Waals surface area contributed by atoms with Crippen LogP contribution in [0.4, 0.5) is 0 Å². The molecule has 2 unspecified atom stereocenters. The molecule has 0 radical (unpaired) electrons. The van der Waals surface area contributed by atoms with E-state index in [2.05, 4.69) is 23.6 Å². The van der Waals surface area contributed by atoms with Crippen molar-refractivity contribution in [1.82, 2.24) is 9.71 Å². The first-order valence-electron chi connectivity index (χ1n) is 6.79. The number of hydrogen-bond donors (Lipinski definition) is 1. The molecule has 0 aliphatic heterocycles. The summed E-state index contributed by atoms with van der Waals surface area (Å²) in [4.78, 5) is 3.92. The molecule has 2 rings (SSSR count). The number of nitrogens with zero attached hydrogens (tertiary/aromatic N) is 2. The lowest BCUT2D eigenvalue weighted by molar-refractivity contribution is 0.257. The van der Waals surface area contributed by atoms with Gasteiger partial charge in [0.25, 0.3) is 0 Å². The molecule has 1 aliphatic carbocycles. The molecule has 1 aromatic heterocycles. The second-order valence-corrected chi connectivity index (χ2v) is 7.44. The molecular weight excluding hydrogens is 274 g/mol. The molecule has 0 bridgehead atoms. The molecule has 0 amide bonds. The lowest BCUT2D eigenvalue weighted by Gasteiger charge is -2.31. The summed E-state index contributed by atoms with van der Waals surface area (Å²) in [7, 11) is -3.55. The molecule has 20 heavy (non-hydrogen) atoms. The summed E-state index contributed by atoms with van der Waals surface area (Å²) in [6.45, 7) is 4.31. The van der Waals surface area contributed by atoms with Crippen LogP contribution in [0.15, 0.2) is 23.2 Å². The van der Waals surface area contributed by atoms with Gasteiger partial charge in [-0.1, -0.05) is 13.8 Å². The molecule has 0 aromatic carbocycles. The molecule has 1 aromatic rings. The maximum Gasteiger partial charge on any atom is 0.242 e. The van der Waals surface area contributed by atoms with Crippen LogP contribution in [0.2, 0.25) is 0 Å². The third kappa shape index (κ3) is 3.56. The monoisotopic (exact) mass is 293 g/mol. The summed E-state index contributed by atoms with van der Waals surface area (Å²) >= 11 is 0. The van der Waals surface area contributed by atoms with Gasteiger partial charge < -0.3 is 0 Å². The number of nitrogens with one attached hydrogen (secondary N) is 1. The maximum absolute atomic E-state index is 12.3. The van der Waals surface area contributed by atoms with Crippen molar-refractivity contribution in [1.29, 1.82) is 5.26 Å². The van der Waals surface area contributed by atoms with Crippen LogP contribution in [0.1, 0.15) is 38.8 Å². The van der Waals surface area contributed by atoms with E-state index in [9.17, 15) is 8.42 Å². The summed E-state index contributed by atoms with van der Waals surface area (Å²) in [5.74, 6) is 1.07. The first-order valence-corrected chi connectivity index (χ1v) is 8.27. The van der Waals surface area contributed by atoms with Crippen LogP contribution in [-0.2, 0) is 10.0 Å². The Kier molecular flexibility index (Phi) is 4.41. The second kappa shape index (κ2) is 5.90. The normalized spacial score (nSPS) is 26.9. The number of pyridine rings is 1. The molecule has 108 valence electrons. The highest BCUT2D eigenvalue weighted by Gasteiger charge is 2.28. The van der Waals surface area contributed by atoms with Crippen molar-refractivity contribution in [3.8, 4) is 6.07 Å². The Morgan fingerprint density at radius 3 is 2.40 bits per heavy atom. The standard InChI is InChI=1S/C14H19N3O2S/c1-10-5-11(2)7-13(6-10)17-20(18,19)14-4-3-12(8-15)16-9-14/h3-4,9-11,13,17H,5-7H2,1-2H3. The van der Waals surface area contributed by atoms with E-state index in [0.29, 0.717) is 11.8 Å². The van der Waals surface area contributed by atoms with Crippen LogP contribution in [-0.4, -0.2) is 19.4 Å². The molecule has 1 saturated carbocycles. The Labute approximate surface area is 120 Å². The van der Waals surface area contributed by atoms with Gasteiger partial charge in [-0.25, -0.2) is 18.1 Å². The zero-order chi connectivity index (χ0) is 14.8. The van der Waals surface area contributed by atoms with E-state index in [4.69, 9.17) is 5.26 Å². The van der Waals surface area contributed by atoms with E-state index in [1.54, 1.807) is 0 Å². The fraction of sp³-hybridized carbons (Fsp3) is 0.571. The van der Waals surface area contributed by atoms with E-state index in [1.807, 2.05) is 6.07 Å². The molecule has 1 fully saturated rings. The second-order valence-electron chi connectivity index (χ2n) is 5.73. The molecule has 0 spiro atoms. The number of hydrogen-bond acceptors (Lipinski definition) is 4. The summed E-state index contributed by atoms with van der Waals surface area (Å²) < 4.78 is 27.3. The van der Waals surface area contributed by atoms with E-state index in [-0.39, 0.29) is 16.6 Å². The number of nitriles is 1. The van der Waals surface area contributed by atoms with Crippen molar-refractivity contribution >= 4 is 10.0 Å². The summed E-state index contributed by atoms with van der Waals surface area (Å²) in [5, 5.41) is 8.67.